The van der Waals surface area contributed by atoms with E-state index in [1.165, 1.54) is 28.1 Å². The van der Waals surface area contributed by atoms with Crippen LogP contribution in [-0.2, 0) is 26.6 Å². The van der Waals surface area contributed by atoms with Crippen molar-refractivity contribution in [2.24, 2.45) is 0 Å². The minimum atomic E-state index is -1.78. The third kappa shape index (κ3) is 10.9. The second-order valence-corrected chi connectivity index (χ2v) is 21.3. The molecule has 5 rings (SSSR count). The molecule has 0 saturated heterocycles. The van der Waals surface area contributed by atoms with Crippen molar-refractivity contribution in [2.75, 3.05) is 7.05 Å². The molecule has 0 N–H and O–H groups in total. The standard InChI is InChI=1S/C18H33P.C16H17N.2ClH.Ru/c1-4-10-16(11-5-1)19(17-12-6-2-7-13-17)18-14-8-3-9-15-18;1-14-8-6-7-11-16(14)13-17(2)12-15-9-4-3-5-10-15;;;/h16-18H,1-15H2;1,3-11H,12-13H2,2H3;2*1H;/q;;;;+2/p-1. The number of benzene rings is 2. The molecule has 3 saturated carbocycles. The van der Waals surface area contributed by atoms with Crippen LogP contribution in [-0.4, -0.2) is 33.5 Å². The summed E-state index contributed by atoms with van der Waals surface area (Å²) in [6.45, 7) is 1.81. The van der Waals surface area contributed by atoms with E-state index >= 15 is 0 Å². The van der Waals surface area contributed by atoms with Crippen LogP contribution >= 0.6 is 27.3 Å². The third-order valence-electron chi connectivity index (χ3n) is 9.21. The average molecular weight is 677 g/mol. The van der Waals surface area contributed by atoms with Crippen LogP contribution in [0.5, 0.6) is 0 Å². The Morgan fingerprint density at radius 3 is 1.62 bits per heavy atom. The molecule has 0 radical (unpaired) electrons. The molecule has 2 aromatic rings. The predicted octanol–water partition coefficient (Wildman–Crippen LogP) is 10.6. The van der Waals surface area contributed by atoms with Crippen molar-refractivity contribution >= 4 is 31.9 Å². The summed E-state index contributed by atoms with van der Waals surface area (Å²) in [6, 6.07) is 18.8. The zero-order chi connectivity index (χ0) is 27.3. The fraction of sp³-hybridized carbons (Fsp3) is 0.618. The van der Waals surface area contributed by atoms with Gasteiger partial charge in [0.2, 0.25) is 0 Å². The molecule has 1 nitrogen and oxygen atoms in total. The van der Waals surface area contributed by atoms with Gasteiger partial charge in [0, 0.05) is 7.92 Å². The summed E-state index contributed by atoms with van der Waals surface area (Å²) >= 11 is -1.78. The van der Waals surface area contributed by atoms with Crippen LogP contribution in [0, 0.1) is 0 Å². The molecule has 0 unspecified atom stereocenters. The molecule has 0 atom stereocenters. The van der Waals surface area contributed by atoms with E-state index in [1.807, 2.05) is 16.7 Å². The fourth-order valence-electron chi connectivity index (χ4n) is 7.41. The van der Waals surface area contributed by atoms with Crippen LogP contribution in [0.15, 0.2) is 54.6 Å². The number of hydrogen-bond donors (Lipinski definition) is 0. The van der Waals surface area contributed by atoms with Gasteiger partial charge in [-0.05, 0) is 77.0 Å². The summed E-state index contributed by atoms with van der Waals surface area (Å²) in [6.07, 6.45) is 23.8. The zero-order valence-corrected chi connectivity index (χ0v) is 28.3. The Bertz CT molecular complexity index is 935. The Morgan fingerprint density at radius 1 is 0.667 bits per heavy atom. The van der Waals surface area contributed by atoms with Gasteiger partial charge in [-0.1, -0.05) is 19.3 Å². The topological polar surface area (TPSA) is 3.24 Å². The Balaban J connectivity index is 0.000000181. The van der Waals surface area contributed by atoms with Gasteiger partial charge in [-0.25, -0.2) is 0 Å². The molecule has 39 heavy (non-hydrogen) atoms. The van der Waals surface area contributed by atoms with Crippen LogP contribution in [0.4, 0.5) is 0 Å². The molecule has 0 bridgehead atoms. The van der Waals surface area contributed by atoms with Gasteiger partial charge < -0.3 is 0 Å². The molecule has 0 heterocycles. The van der Waals surface area contributed by atoms with E-state index in [9.17, 15) is 0 Å². The first-order valence-corrected chi connectivity index (χ1v) is 22.8. The quantitative estimate of drug-likeness (QED) is 0.199. The Labute approximate surface area is 253 Å². The Morgan fingerprint density at radius 2 is 1.13 bits per heavy atom. The third-order valence-corrected chi connectivity index (χ3v) is 15.6. The van der Waals surface area contributed by atoms with Crippen molar-refractivity contribution in [2.45, 2.75) is 126 Å². The monoisotopic (exact) mass is 676 g/mol. The van der Waals surface area contributed by atoms with Crippen molar-refractivity contribution in [3.8, 4) is 0 Å². The van der Waals surface area contributed by atoms with Gasteiger partial charge in [0.15, 0.2) is 0 Å². The van der Waals surface area contributed by atoms with Gasteiger partial charge in [-0.3, -0.25) is 0 Å². The first-order chi connectivity index (χ1) is 19.1. The first kappa shape index (κ1) is 31.8. The van der Waals surface area contributed by atoms with E-state index < -0.39 is 13.5 Å². The van der Waals surface area contributed by atoms with E-state index in [4.69, 9.17) is 19.4 Å². The second-order valence-electron chi connectivity index (χ2n) is 12.2. The van der Waals surface area contributed by atoms with Gasteiger partial charge in [0.05, 0.1) is 17.0 Å². The molecule has 218 valence electrons. The zero-order valence-electron chi connectivity index (χ0n) is 24.1. The maximum atomic E-state index is 5.99. The summed E-state index contributed by atoms with van der Waals surface area (Å²) in [4.78, 5) is 2.29. The molecule has 2 aromatic carbocycles. The second kappa shape index (κ2) is 17.8. The van der Waals surface area contributed by atoms with Gasteiger partial charge in [0.25, 0.3) is 0 Å². The van der Waals surface area contributed by atoms with E-state index in [0.717, 1.165) is 18.7 Å². The Hall–Kier alpha value is -0.0966. The molecule has 0 aliphatic heterocycles. The number of nitrogens with zero attached hydrogens (tertiary/aromatic N) is 1. The number of hydrogen-bond acceptors (Lipinski definition) is 1. The van der Waals surface area contributed by atoms with Crippen molar-refractivity contribution < 1.29 is 13.5 Å². The van der Waals surface area contributed by atoms with E-state index in [2.05, 4.69) is 54.4 Å². The minimum absolute atomic E-state index is 0.0465. The van der Waals surface area contributed by atoms with Crippen molar-refractivity contribution in [1.29, 1.82) is 0 Å². The first-order valence-electron chi connectivity index (χ1n) is 15.6. The maximum absolute atomic E-state index is 5.99. The molecule has 3 aliphatic rings. The molecule has 0 amide bonds. The average Bonchev–Trinajstić information content (AvgIpc) is 2.97. The van der Waals surface area contributed by atoms with Crippen LogP contribution in [0.1, 0.15) is 113 Å². The van der Waals surface area contributed by atoms with Crippen LogP contribution in [0.2, 0.25) is 0 Å². The SMILES string of the molecule is C1CCC([PH+](C2CCCCC2)C2CCCCC2)CC1.CN(Cc1ccccc1)Cc1ccccc1[CH]=[Ru]([Cl])[Cl]. The van der Waals surface area contributed by atoms with Crippen LogP contribution < -0.4 is 0 Å². The molecular formula is C34H51Cl2NPRu+. The van der Waals surface area contributed by atoms with Gasteiger partial charge in [-0.2, -0.15) is 0 Å². The summed E-state index contributed by atoms with van der Waals surface area (Å²) in [5, 5.41) is 0. The van der Waals surface area contributed by atoms with Crippen molar-refractivity contribution in [1.82, 2.24) is 4.90 Å². The molecule has 0 aromatic heterocycles. The summed E-state index contributed by atoms with van der Waals surface area (Å²) in [5.74, 6) is 0. The molecule has 3 aliphatic carbocycles. The molecule has 3 fully saturated rings. The van der Waals surface area contributed by atoms with E-state index in [-0.39, 0.29) is 7.92 Å². The van der Waals surface area contributed by atoms with E-state index in [1.54, 1.807) is 96.3 Å². The van der Waals surface area contributed by atoms with Crippen LogP contribution in [0.25, 0.3) is 0 Å². The predicted molar refractivity (Wildman–Crippen MR) is 174 cm³/mol. The molecular weight excluding hydrogens is 625 g/mol. The fourth-order valence-corrected chi connectivity index (χ4v) is 14.5. The molecule has 5 heteroatoms. The van der Waals surface area contributed by atoms with E-state index in [0.29, 0.717) is 0 Å². The van der Waals surface area contributed by atoms with Crippen molar-refractivity contribution in [3.05, 3.63) is 71.3 Å². The van der Waals surface area contributed by atoms with Gasteiger partial charge >= 0.3 is 134 Å². The molecule has 0 spiro atoms. The summed E-state index contributed by atoms with van der Waals surface area (Å²) in [5.41, 5.74) is 7.43. The van der Waals surface area contributed by atoms with Gasteiger partial charge in [0.1, 0.15) is 0 Å². The van der Waals surface area contributed by atoms with Gasteiger partial charge in [-0.15, -0.1) is 0 Å². The number of rotatable bonds is 8. The van der Waals surface area contributed by atoms with Crippen LogP contribution in [0.3, 0.4) is 0 Å². The Kier molecular flexibility index (Phi) is 14.5. The normalized spacial score (nSPS) is 20.0. The summed E-state index contributed by atoms with van der Waals surface area (Å²) in [7, 11) is 14.1. The van der Waals surface area contributed by atoms with Crippen molar-refractivity contribution in [3.63, 3.8) is 0 Å². The summed E-state index contributed by atoms with van der Waals surface area (Å²) < 4.78 is 2.01. The number of halogens is 2.